The normalized spacial score (nSPS) is 10.5. The number of halogens is 2. The predicted octanol–water partition coefficient (Wildman–Crippen LogP) is 2.18. The molecule has 1 heterocycles. The van der Waals surface area contributed by atoms with Crippen LogP contribution in [0.1, 0.15) is 5.56 Å². The first kappa shape index (κ1) is 12.0. The zero-order chi connectivity index (χ0) is 12.4. The highest BCUT2D eigenvalue weighted by Crippen LogP contribution is 2.22. The van der Waals surface area contributed by atoms with Gasteiger partial charge in [0.05, 0.1) is 28.5 Å². The standard InChI is InChI=1S/C11H9Cl2N3O/c12-9-2-1-7(3-10(9)13)6-16-11(17)4-8(14)5-15-16/h1-5H,6,14H2. The number of anilines is 1. The molecule has 0 radical (unpaired) electrons. The zero-order valence-electron chi connectivity index (χ0n) is 8.73. The fraction of sp³-hybridized carbons (Fsp3) is 0.0909. The van der Waals surface area contributed by atoms with Crippen molar-refractivity contribution >= 4 is 28.9 Å². The topological polar surface area (TPSA) is 60.9 Å². The van der Waals surface area contributed by atoms with Gasteiger partial charge in [-0.3, -0.25) is 4.79 Å². The monoisotopic (exact) mass is 269 g/mol. The minimum atomic E-state index is -0.254. The maximum absolute atomic E-state index is 11.6. The molecule has 0 atom stereocenters. The molecule has 4 nitrogen and oxygen atoms in total. The van der Waals surface area contributed by atoms with Crippen LogP contribution in [0, 0.1) is 0 Å². The first-order chi connectivity index (χ1) is 8.06. The number of nitrogen functional groups attached to an aromatic ring is 1. The third-order valence-corrected chi connectivity index (χ3v) is 2.95. The molecule has 0 unspecified atom stereocenters. The Hall–Kier alpha value is -1.52. The second kappa shape index (κ2) is 4.77. The average molecular weight is 270 g/mol. The molecule has 0 aliphatic rings. The van der Waals surface area contributed by atoms with Gasteiger partial charge in [0.1, 0.15) is 0 Å². The second-order valence-corrected chi connectivity index (χ2v) is 4.35. The summed E-state index contributed by atoms with van der Waals surface area (Å²) >= 11 is 11.7. The number of nitrogens with zero attached hydrogens (tertiary/aromatic N) is 2. The van der Waals surface area contributed by atoms with E-state index in [-0.39, 0.29) is 5.56 Å². The highest BCUT2D eigenvalue weighted by atomic mass is 35.5. The van der Waals surface area contributed by atoms with Crippen LogP contribution < -0.4 is 11.3 Å². The van der Waals surface area contributed by atoms with E-state index in [2.05, 4.69) is 5.10 Å². The summed E-state index contributed by atoms with van der Waals surface area (Å²) in [5.41, 5.74) is 6.39. The van der Waals surface area contributed by atoms with Gasteiger partial charge in [-0.1, -0.05) is 29.3 Å². The minimum Gasteiger partial charge on any atom is -0.397 e. The number of hydrogen-bond donors (Lipinski definition) is 1. The molecule has 0 saturated carbocycles. The highest BCUT2D eigenvalue weighted by Gasteiger charge is 2.03. The van der Waals surface area contributed by atoms with Crippen LogP contribution in [0.4, 0.5) is 5.69 Å². The van der Waals surface area contributed by atoms with E-state index in [4.69, 9.17) is 28.9 Å². The average Bonchev–Trinajstić information content (AvgIpc) is 2.27. The summed E-state index contributed by atoms with van der Waals surface area (Å²) in [6, 6.07) is 6.50. The van der Waals surface area contributed by atoms with E-state index >= 15 is 0 Å². The lowest BCUT2D eigenvalue weighted by molar-refractivity contribution is 0.640. The molecule has 1 aromatic carbocycles. The lowest BCUT2D eigenvalue weighted by Crippen LogP contribution is -2.22. The van der Waals surface area contributed by atoms with Gasteiger partial charge in [-0.05, 0) is 17.7 Å². The number of hydrogen-bond acceptors (Lipinski definition) is 3. The Morgan fingerprint density at radius 3 is 2.65 bits per heavy atom. The Morgan fingerprint density at radius 2 is 2.00 bits per heavy atom. The summed E-state index contributed by atoms with van der Waals surface area (Å²) in [6.07, 6.45) is 1.43. The molecule has 0 saturated heterocycles. The summed E-state index contributed by atoms with van der Waals surface area (Å²) in [4.78, 5) is 11.6. The molecule has 17 heavy (non-hydrogen) atoms. The van der Waals surface area contributed by atoms with Gasteiger partial charge in [-0.25, -0.2) is 4.68 Å². The van der Waals surface area contributed by atoms with Gasteiger partial charge in [0, 0.05) is 6.07 Å². The van der Waals surface area contributed by atoms with Crippen LogP contribution >= 0.6 is 23.2 Å². The van der Waals surface area contributed by atoms with E-state index in [0.717, 1.165) is 5.56 Å². The van der Waals surface area contributed by atoms with Crippen molar-refractivity contribution in [2.75, 3.05) is 5.73 Å². The maximum Gasteiger partial charge on any atom is 0.269 e. The van der Waals surface area contributed by atoms with Crippen LogP contribution in [0.15, 0.2) is 35.3 Å². The van der Waals surface area contributed by atoms with Gasteiger partial charge in [0.25, 0.3) is 5.56 Å². The SMILES string of the molecule is Nc1cnn(Cc2ccc(Cl)c(Cl)c2)c(=O)c1. The Kier molecular flexibility index (Phi) is 3.36. The van der Waals surface area contributed by atoms with E-state index in [1.807, 2.05) is 0 Å². The minimum absolute atomic E-state index is 0.254. The molecule has 2 rings (SSSR count). The summed E-state index contributed by atoms with van der Waals surface area (Å²) in [5.74, 6) is 0. The van der Waals surface area contributed by atoms with Crippen molar-refractivity contribution in [3.05, 3.63) is 56.4 Å². The van der Waals surface area contributed by atoms with E-state index in [1.54, 1.807) is 18.2 Å². The Morgan fingerprint density at radius 1 is 1.24 bits per heavy atom. The fourth-order valence-corrected chi connectivity index (χ4v) is 1.70. The smallest absolute Gasteiger partial charge is 0.269 e. The third-order valence-electron chi connectivity index (χ3n) is 2.21. The molecule has 2 aromatic rings. The summed E-state index contributed by atoms with van der Waals surface area (Å²) in [6.45, 7) is 0.329. The maximum atomic E-state index is 11.6. The zero-order valence-corrected chi connectivity index (χ0v) is 10.2. The summed E-state index contributed by atoms with van der Waals surface area (Å²) in [7, 11) is 0. The van der Waals surface area contributed by atoms with Crippen molar-refractivity contribution in [3.63, 3.8) is 0 Å². The van der Waals surface area contributed by atoms with Gasteiger partial charge >= 0.3 is 0 Å². The molecule has 0 fully saturated rings. The van der Waals surface area contributed by atoms with Crippen molar-refractivity contribution in [3.8, 4) is 0 Å². The van der Waals surface area contributed by atoms with Gasteiger partial charge in [-0.2, -0.15) is 5.10 Å². The quantitative estimate of drug-likeness (QED) is 0.909. The first-order valence-corrected chi connectivity index (χ1v) is 5.58. The lowest BCUT2D eigenvalue weighted by atomic mass is 10.2. The molecule has 0 amide bonds. The van der Waals surface area contributed by atoms with E-state index in [1.165, 1.54) is 16.9 Å². The Balaban J connectivity index is 2.31. The van der Waals surface area contributed by atoms with Gasteiger partial charge in [0.15, 0.2) is 0 Å². The molecule has 88 valence electrons. The largest absolute Gasteiger partial charge is 0.397 e. The summed E-state index contributed by atoms with van der Waals surface area (Å²) in [5, 5.41) is 4.86. The molecular formula is C11H9Cl2N3O. The molecule has 0 bridgehead atoms. The summed E-state index contributed by atoms with van der Waals surface area (Å²) < 4.78 is 1.30. The molecule has 2 N–H and O–H groups in total. The molecular weight excluding hydrogens is 261 g/mol. The highest BCUT2D eigenvalue weighted by molar-refractivity contribution is 6.42. The van der Waals surface area contributed by atoms with Crippen molar-refractivity contribution < 1.29 is 0 Å². The predicted molar refractivity (Wildman–Crippen MR) is 68.5 cm³/mol. The molecule has 0 aliphatic carbocycles. The second-order valence-electron chi connectivity index (χ2n) is 3.53. The van der Waals surface area contributed by atoms with E-state index in [0.29, 0.717) is 22.3 Å². The fourth-order valence-electron chi connectivity index (χ4n) is 1.38. The first-order valence-electron chi connectivity index (χ1n) is 4.83. The van der Waals surface area contributed by atoms with Crippen LogP contribution in [-0.4, -0.2) is 9.78 Å². The lowest BCUT2D eigenvalue weighted by Gasteiger charge is -2.05. The van der Waals surface area contributed by atoms with Gasteiger partial charge < -0.3 is 5.73 Å². The molecule has 6 heteroatoms. The number of rotatable bonds is 2. The number of nitrogens with two attached hydrogens (primary N) is 1. The van der Waals surface area contributed by atoms with Crippen molar-refractivity contribution in [2.45, 2.75) is 6.54 Å². The number of benzene rings is 1. The van der Waals surface area contributed by atoms with Gasteiger partial charge in [-0.15, -0.1) is 0 Å². The van der Waals surface area contributed by atoms with Crippen LogP contribution in [0.3, 0.4) is 0 Å². The van der Waals surface area contributed by atoms with Crippen LogP contribution in [0.5, 0.6) is 0 Å². The third kappa shape index (κ3) is 2.78. The van der Waals surface area contributed by atoms with E-state index < -0.39 is 0 Å². The van der Waals surface area contributed by atoms with E-state index in [9.17, 15) is 4.79 Å². The van der Waals surface area contributed by atoms with Gasteiger partial charge in [0.2, 0.25) is 0 Å². The number of aromatic nitrogens is 2. The molecule has 1 aromatic heterocycles. The van der Waals surface area contributed by atoms with Crippen molar-refractivity contribution in [2.24, 2.45) is 0 Å². The Labute approximate surface area is 108 Å². The van der Waals surface area contributed by atoms with Crippen LogP contribution in [-0.2, 0) is 6.54 Å². The molecule has 0 spiro atoms. The Bertz CT molecular complexity index is 610. The van der Waals surface area contributed by atoms with Crippen molar-refractivity contribution in [1.82, 2.24) is 9.78 Å². The van der Waals surface area contributed by atoms with Crippen LogP contribution in [0.25, 0.3) is 0 Å². The van der Waals surface area contributed by atoms with Crippen LogP contribution in [0.2, 0.25) is 10.0 Å². The molecule has 0 aliphatic heterocycles. The van der Waals surface area contributed by atoms with Crippen molar-refractivity contribution in [1.29, 1.82) is 0 Å².